The Labute approximate surface area is 194 Å². The van der Waals surface area contributed by atoms with E-state index in [0.717, 1.165) is 5.69 Å². The van der Waals surface area contributed by atoms with E-state index in [9.17, 15) is 14.4 Å². The lowest BCUT2D eigenvalue weighted by Crippen LogP contribution is -2.51. The number of anilines is 2. The van der Waals surface area contributed by atoms with Gasteiger partial charge in [-0.1, -0.05) is 6.07 Å². The normalized spacial score (nSPS) is 13.3. The first-order valence-corrected chi connectivity index (χ1v) is 11.3. The number of thiophene rings is 1. The zero-order valence-corrected chi connectivity index (χ0v) is 18.5. The minimum atomic E-state index is -0.317. The van der Waals surface area contributed by atoms with Crippen LogP contribution in [-0.4, -0.2) is 60.3 Å². The van der Waals surface area contributed by atoms with Crippen molar-refractivity contribution in [1.29, 1.82) is 5.26 Å². The van der Waals surface area contributed by atoms with Gasteiger partial charge in [0, 0.05) is 43.8 Å². The predicted octanol–water partition coefficient (Wildman–Crippen LogP) is 2.28. The molecule has 3 aromatic rings. The number of amides is 3. The first-order chi connectivity index (χ1) is 16.0. The van der Waals surface area contributed by atoms with Crippen molar-refractivity contribution in [1.82, 2.24) is 15.2 Å². The first kappa shape index (κ1) is 22.1. The molecule has 2 aromatic heterocycles. The summed E-state index contributed by atoms with van der Waals surface area (Å²) in [7, 11) is 0. The fourth-order valence-electron chi connectivity index (χ4n) is 3.52. The SMILES string of the molecule is N#Cc1c[nH]c(C(=O)Nc2ccc(N3CCN(C(=O)CNC(=O)c4cccs4)CC3)cc2)c1. The summed E-state index contributed by atoms with van der Waals surface area (Å²) in [5.74, 6) is -0.644. The number of carbonyl (C=O) groups is 3. The highest BCUT2D eigenvalue weighted by Crippen LogP contribution is 2.20. The first-order valence-electron chi connectivity index (χ1n) is 10.4. The second-order valence-electron chi connectivity index (χ2n) is 7.44. The molecular weight excluding hydrogens is 440 g/mol. The number of aromatic nitrogens is 1. The lowest BCUT2D eigenvalue weighted by molar-refractivity contribution is -0.130. The van der Waals surface area contributed by atoms with E-state index in [1.54, 1.807) is 17.0 Å². The molecule has 0 saturated carbocycles. The third-order valence-corrected chi connectivity index (χ3v) is 6.19. The molecule has 0 bridgehead atoms. The number of hydrogen-bond donors (Lipinski definition) is 3. The maximum Gasteiger partial charge on any atom is 0.272 e. The summed E-state index contributed by atoms with van der Waals surface area (Å²) in [6.07, 6.45) is 1.49. The van der Waals surface area contributed by atoms with Gasteiger partial charge in [0.15, 0.2) is 0 Å². The van der Waals surface area contributed by atoms with E-state index in [1.165, 1.54) is 23.6 Å². The van der Waals surface area contributed by atoms with Crippen LogP contribution in [0.3, 0.4) is 0 Å². The van der Waals surface area contributed by atoms with E-state index >= 15 is 0 Å². The quantitative estimate of drug-likeness (QED) is 0.519. The van der Waals surface area contributed by atoms with Gasteiger partial charge in [-0.15, -0.1) is 11.3 Å². The van der Waals surface area contributed by atoms with Gasteiger partial charge < -0.3 is 25.4 Å². The van der Waals surface area contributed by atoms with E-state index in [4.69, 9.17) is 5.26 Å². The molecule has 10 heteroatoms. The Morgan fingerprint density at radius 1 is 1.06 bits per heavy atom. The summed E-state index contributed by atoms with van der Waals surface area (Å²) in [6.45, 7) is 2.48. The van der Waals surface area contributed by atoms with Gasteiger partial charge in [0.05, 0.1) is 17.0 Å². The van der Waals surface area contributed by atoms with Crippen molar-refractivity contribution in [2.75, 3.05) is 42.9 Å². The average Bonchev–Trinajstić information content (AvgIpc) is 3.55. The molecule has 0 spiro atoms. The molecular formula is C23H22N6O3S. The second-order valence-corrected chi connectivity index (χ2v) is 8.39. The Hall–Kier alpha value is -4.10. The molecule has 0 atom stereocenters. The van der Waals surface area contributed by atoms with Crippen LogP contribution in [0.5, 0.6) is 0 Å². The van der Waals surface area contributed by atoms with Gasteiger partial charge in [-0.3, -0.25) is 14.4 Å². The number of benzene rings is 1. The van der Waals surface area contributed by atoms with Crippen LogP contribution in [0.15, 0.2) is 54.0 Å². The number of nitriles is 1. The molecule has 33 heavy (non-hydrogen) atoms. The molecule has 3 heterocycles. The maximum absolute atomic E-state index is 12.4. The predicted molar refractivity (Wildman–Crippen MR) is 125 cm³/mol. The van der Waals surface area contributed by atoms with E-state index in [0.29, 0.717) is 48.0 Å². The van der Waals surface area contributed by atoms with E-state index in [2.05, 4.69) is 20.5 Å². The van der Waals surface area contributed by atoms with Crippen LogP contribution in [0.4, 0.5) is 11.4 Å². The zero-order chi connectivity index (χ0) is 23.2. The van der Waals surface area contributed by atoms with Crippen LogP contribution in [0, 0.1) is 11.3 Å². The summed E-state index contributed by atoms with van der Waals surface area (Å²) >= 11 is 1.34. The van der Waals surface area contributed by atoms with Gasteiger partial charge in [-0.2, -0.15) is 5.26 Å². The van der Waals surface area contributed by atoms with Crippen LogP contribution in [-0.2, 0) is 4.79 Å². The van der Waals surface area contributed by atoms with Crippen LogP contribution >= 0.6 is 11.3 Å². The Bertz CT molecular complexity index is 1170. The van der Waals surface area contributed by atoms with Gasteiger partial charge in [0.2, 0.25) is 5.91 Å². The van der Waals surface area contributed by atoms with Gasteiger partial charge >= 0.3 is 0 Å². The van der Waals surface area contributed by atoms with Crippen LogP contribution in [0.2, 0.25) is 0 Å². The van der Waals surface area contributed by atoms with Crippen molar-refractivity contribution < 1.29 is 14.4 Å². The molecule has 3 amide bonds. The van der Waals surface area contributed by atoms with Crippen molar-refractivity contribution in [3.8, 4) is 6.07 Å². The topological polar surface area (TPSA) is 121 Å². The van der Waals surface area contributed by atoms with E-state index in [-0.39, 0.29) is 24.3 Å². The highest BCUT2D eigenvalue weighted by molar-refractivity contribution is 7.12. The van der Waals surface area contributed by atoms with E-state index in [1.807, 2.05) is 35.7 Å². The molecule has 1 aliphatic rings. The van der Waals surface area contributed by atoms with Gasteiger partial charge in [-0.25, -0.2) is 0 Å². The fraction of sp³-hybridized carbons (Fsp3) is 0.217. The number of rotatable bonds is 6. The summed E-state index contributed by atoms with van der Waals surface area (Å²) in [6, 6.07) is 14.5. The number of nitrogens with zero attached hydrogens (tertiary/aromatic N) is 3. The number of piperazine rings is 1. The average molecular weight is 463 g/mol. The maximum atomic E-state index is 12.4. The molecule has 3 N–H and O–H groups in total. The Morgan fingerprint density at radius 3 is 2.45 bits per heavy atom. The lowest BCUT2D eigenvalue weighted by Gasteiger charge is -2.36. The lowest BCUT2D eigenvalue weighted by atomic mass is 10.2. The Morgan fingerprint density at radius 2 is 1.82 bits per heavy atom. The highest BCUT2D eigenvalue weighted by atomic mass is 32.1. The minimum absolute atomic E-state index is 0.0121. The third-order valence-electron chi connectivity index (χ3n) is 5.32. The number of nitrogens with one attached hydrogen (secondary N) is 3. The standard InChI is InChI=1S/C23H22N6O3S/c24-13-16-12-19(25-14-16)22(31)27-17-3-5-18(6-4-17)28-7-9-29(10-8-28)21(30)15-26-23(32)20-2-1-11-33-20/h1-6,11-12,14,25H,7-10,15H2,(H,26,32)(H,27,31). The largest absolute Gasteiger partial charge is 0.368 e. The van der Waals surface area contributed by atoms with Gasteiger partial charge in [0.25, 0.3) is 11.8 Å². The number of carbonyl (C=O) groups excluding carboxylic acids is 3. The second kappa shape index (κ2) is 10.0. The number of H-pyrrole nitrogens is 1. The zero-order valence-electron chi connectivity index (χ0n) is 17.7. The summed E-state index contributed by atoms with van der Waals surface area (Å²) < 4.78 is 0. The van der Waals surface area contributed by atoms with Gasteiger partial charge in [-0.05, 0) is 41.8 Å². The molecule has 168 valence electrons. The number of aromatic amines is 1. The summed E-state index contributed by atoms with van der Waals surface area (Å²) in [5, 5.41) is 16.2. The monoisotopic (exact) mass is 462 g/mol. The molecule has 0 unspecified atom stereocenters. The van der Waals surface area contributed by atoms with Crippen molar-refractivity contribution in [2.24, 2.45) is 0 Å². The van der Waals surface area contributed by atoms with E-state index < -0.39 is 0 Å². The summed E-state index contributed by atoms with van der Waals surface area (Å²) in [5.41, 5.74) is 2.37. The van der Waals surface area contributed by atoms with Gasteiger partial charge in [0.1, 0.15) is 11.8 Å². The molecule has 0 radical (unpaired) electrons. The Kier molecular flexibility index (Phi) is 6.71. The molecule has 1 fully saturated rings. The number of hydrogen-bond acceptors (Lipinski definition) is 6. The Balaban J connectivity index is 1.24. The highest BCUT2D eigenvalue weighted by Gasteiger charge is 2.22. The molecule has 1 aromatic carbocycles. The molecule has 4 rings (SSSR count). The van der Waals surface area contributed by atoms with Crippen LogP contribution in [0.1, 0.15) is 25.7 Å². The molecule has 1 aliphatic heterocycles. The van der Waals surface area contributed by atoms with Crippen molar-refractivity contribution in [2.45, 2.75) is 0 Å². The third kappa shape index (κ3) is 5.39. The van der Waals surface area contributed by atoms with Crippen LogP contribution in [0.25, 0.3) is 0 Å². The van der Waals surface area contributed by atoms with Crippen molar-refractivity contribution >= 4 is 40.4 Å². The molecule has 1 saturated heterocycles. The van der Waals surface area contributed by atoms with Crippen molar-refractivity contribution in [3.05, 3.63) is 70.2 Å². The van der Waals surface area contributed by atoms with Crippen molar-refractivity contribution in [3.63, 3.8) is 0 Å². The minimum Gasteiger partial charge on any atom is -0.368 e. The summed E-state index contributed by atoms with van der Waals surface area (Å²) in [4.78, 5) is 44.0. The molecule has 9 nitrogen and oxygen atoms in total. The fourth-order valence-corrected chi connectivity index (χ4v) is 4.16. The molecule has 0 aliphatic carbocycles. The smallest absolute Gasteiger partial charge is 0.272 e. The van der Waals surface area contributed by atoms with Crippen LogP contribution < -0.4 is 15.5 Å².